The van der Waals surface area contributed by atoms with Crippen molar-refractivity contribution in [1.82, 2.24) is 9.97 Å². The van der Waals surface area contributed by atoms with Crippen molar-refractivity contribution >= 4 is 24.5 Å². The summed E-state index contributed by atoms with van der Waals surface area (Å²) in [6.45, 7) is 1.91. The van der Waals surface area contributed by atoms with Gasteiger partial charge in [0.15, 0.2) is 0 Å². The van der Waals surface area contributed by atoms with Crippen molar-refractivity contribution in [1.29, 1.82) is 0 Å². The number of nitrogens with two attached hydrogens (primary N) is 1. The molecular formula is C11H12N4OS. The number of aromatic amines is 1. The molecule has 3 N–H and O–H groups in total. The van der Waals surface area contributed by atoms with E-state index in [2.05, 4.69) is 22.8 Å². The second-order valence-corrected chi connectivity index (χ2v) is 3.99. The SMILES string of the molecule is Cc1c[nH]c(-c2ccc(N(S)C(N)=O)cc2)n1. The largest absolute Gasteiger partial charge is 0.350 e. The van der Waals surface area contributed by atoms with E-state index in [0.29, 0.717) is 5.69 Å². The minimum atomic E-state index is -0.616. The average molecular weight is 248 g/mol. The van der Waals surface area contributed by atoms with Crippen LogP contribution in [0.2, 0.25) is 0 Å². The van der Waals surface area contributed by atoms with Crippen LogP contribution in [0.1, 0.15) is 5.69 Å². The van der Waals surface area contributed by atoms with Gasteiger partial charge in [0.1, 0.15) is 5.82 Å². The van der Waals surface area contributed by atoms with Crippen molar-refractivity contribution in [3.05, 3.63) is 36.2 Å². The Bertz CT molecular complexity index is 535. The van der Waals surface area contributed by atoms with Crippen molar-refractivity contribution in [2.45, 2.75) is 6.92 Å². The minimum absolute atomic E-state index is 0.616. The van der Waals surface area contributed by atoms with E-state index < -0.39 is 6.03 Å². The van der Waals surface area contributed by atoms with E-state index in [1.165, 1.54) is 0 Å². The van der Waals surface area contributed by atoms with Gasteiger partial charge in [-0.15, -0.1) is 0 Å². The monoisotopic (exact) mass is 248 g/mol. The van der Waals surface area contributed by atoms with E-state index in [4.69, 9.17) is 5.73 Å². The first-order valence-corrected chi connectivity index (χ1v) is 5.39. The summed E-state index contributed by atoms with van der Waals surface area (Å²) in [4.78, 5) is 18.3. The summed E-state index contributed by atoms with van der Waals surface area (Å²) < 4.78 is 1.08. The number of benzene rings is 1. The number of aryl methyl sites for hydroxylation is 1. The molecule has 0 aliphatic carbocycles. The summed E-state index contributed by atoms with van der Waals surface area (Å²) >= 11 is 3.98. The molecule has 17 heavy (non-hydrogen) atoms. The first-order chi connectivity index (χ1) is 8.08. The van der Waals surface area contributed by atoms with E-state index in [-0.39, 0.29) is 0 Å². The minimum Gasteiger partial charge on any atom is -0.350 e. The van der Waals surface area contributed by atoms with Crippen molar-refractivity contribution in [2.24, 2.45) is 5.73 Å². The van der Waals surface area contributed by atoms with Crippen LogP contribution in [-0.2, 0) is 0 Å². The van der Waals surface area contributed by atoms with Crippen LogP contribution < -0.4 is 10.0 Å². The molecule has 1 heterocycles. The number of anilines is 1. The highest BCUT2D eigenvalue weighted by atomic mass is 32.1. The lowest BCUT2D eigenvalue weighted by atomic mass is 10.2. The van der Waals surface area contributed by atoms with Gasteiger partial charge in [0, 0.05) is 11.8 Å². The lowest BCUT2D eigenvalue weighted by Gasteiger charge is -2.12. The van der Waals surface area contributed by atoms with Crippen LogP contribution in [0.3, 0.4) is 0 Å². The molecule has 0 radical (unpaired) electrons. The molecule has 2 aromatic rings. The predicted molar refractivity (Wildman–Crippen MR) is 69.8 cm³/mol. The molecule has 6 heteroatoms. The summed E-state index contributed by atoms with van der Waals surface area (Å²) in [5.41, 5.74) is 7.60. The molecule has 0 bridgehead atoms. The maximum absolute atomic E-state index is 10.9. The molecule has 0 fully saturated rings. The molecule has 0 aliphatic heterocycles. The smallest absolute Gasteiger partial charge is 0.329 e. The maximum Gasteiger partial charge on any atom is 0.329 e. The fourth-order valence-electron chi connectivity index (χ4n) is 1.45. The third-order valence-electron chi connectivity index (χ3n) is 2.30. The van der Waals surface area contributed by atoms with Gasteiger partial charge >= 0.3 is 6.03 Å². The Morgan fingerprint density at radius 3 is 2.53 bits per heavy atom. The van der Waals surface area contributed by atoms with Gasteiger partial charge in [-0.05, 0) is 31.2 Å². The number of hydrogen-bond acceptors (Lipinski definition) is 3. The summed E-state index contributed by atoms with van der Waals surface area (Å²) in [6.07, 6.45) is 1.83. The summed E-state index contributed by atoms with van der Waals surface area (Å²) in [7, 11) is 0. The van der Waals surface area contributed by atoms with Crippen LogP contribution >= 0.6 is 12.8 Å². The summed E-state index contributed by atoms with van der Waals surface area (Å²) in [5.74, 6) is 0.791. The van der Waals surface area contributed by atoms with E-state index in [9.17, 15) is 4.79 Å². The van der Waals surface area contributed by atoms with E-state index in [1.54, 1.807) is 12.1 Å². The summed E-state index contributed by atoms with van der Waals surface area (Å²) in [5, 5.41) is 0. The Hall–Kier alpha value is -1.95. The maximum atomic E-state index is 10.9. The Labute approximate surface area is 104 Å². The number of primary amides is 1. The lowest BCUT2D eigenvalue weighted by Crippen LogP contribution is -2.27. The highest BCUT2D eigenvalue weighted by molar-refractivity contribution is 7.82. The Balaban J connectivity index is 2.27. The molecule has 0 unspecified atom stereocenters. The average Bonchev–Trinajstić information content (AvgIpc) is 2.75. The molecule has 1 aromatic heterocycles. The molecule has 5 nitrogen and oxygen atoms in total. The zero-order valence-electron chi connectivity index (χ0n) is 9.21. The number of carbonyl (C=O) groups excluding carboxylic acids is 1. The molecule has 2 rings (SSSR count). The number of hydrogen-bond donors (Lipinski definition) is 3. The van der Waals surface area contributed by atoms with Gasteiger partial charge in [-0.2, -0.15) is 0 Å². The normalized spacial score (nSPS) is 10.2. The number of amides is 2. The zero-order chi connectivity index (χ0) is 12.4. The van der Waals surface area contributed by atoms with Crippen LogP contribution in [0.15, 0.2) is 30.5 Å². The number of thiol groups is 1. The van der Waals surface area contributed by atoms with E-state index in [1.807, 2.05) is 25.3 Å². The van der Waals surface area contributed by atoms with Gasteiger partial charge in [0.05, 0.1) is 11.4 Å². The molecule has 1 aromatic carbocycles. The van der Waals surface area contributed by atoms with Crippen molar-refractivity contribution < 1.29 is 4.79 Å². The molecule has 0 saturated carbocycles. The van der Waals surface area contributed by atoms with Gasteiger partial charge in [0.25, 0.3) is 0 Å². The van der Waals surface area contributed by atoms with E-state index in [0.717, 1.165) is 21.4 Å². The predicted octanol–water partition coefficient (Wildman–Crippen LogP) is 2.12. The Morgan fingerprint density at radius 1 is 1.41 bits per heavy atom. The molecule has 0 aliphatic rings. The first kappa shape index (κ1) is 11.5. The highest BCUT2D eigenvalue weighted by Crippen LogP contribution is 2.21. The molecule has 0 atom stereocenters. The van der Waals surface area contributed by atoms with Crippen LogP contribution in [-0.4, -0.2) is 16.0 Å². The third-order valence-corrected chi connectivity index (χ3v) is 2.73. The van der Waals surface area contributed by atoms with Crippen molar-refractivity contribution in [3.8, 4) is 11.4 Å². The molecule has 2 amide bonds. The van der Waals surface area contributed by atoms with Crippen LogP contribution in [0.5, 0.6) is 0 Å². The number of carbonyl (C=O) groups is 1. The Morgan fingerprint density at radius 2 is 2.06 bits per heavy atom. The van der Waals surface area contributed by atoms with Crippen LogP contribution in [0.25, 0.3) is 11.4 Å². The number of aromatic nitrogens is 2. The quantitative estimate of drug-likeness (QED) is 0.712. The number of imidazole rings is 1. The second-order valence-electron chi connectivity index (χ2n) is 3.59. The molecule has 0 saturated heterocycles. The van der Waals surface area contributed by atoms with Gasteiger partial charge in [0.2, 0.25) is 0 Å². The van der Waals surface area contributed by atoms with Gasteiger partial charge < -0.3 is 10.7 Å². The number of urea groups is 1. The lowest BCUT2D eigenvalue weighted by molar-refractivity contribution is 0.257. The number of H-pyrrole nitrogens is 1. The second kappa shape index (κ2) is 4.50. The van der Waals surface area contributed by atoms with Gasteiger partial charge in [-0.1, -0.05) is 12.8 Å². The fourth-order valence-corrected chi connectivity index (χ4v) is 1.58. The first-order valence-electron chi connectivity index (χ1n) is 4.99. The fraction of sp³-hybridized carbons (Fsp3) is 0.0909. The van der Waals surface area contributed by atoms with Crippen LogP contribution in [0, 0.1) is 6.92 Å². The van der Waals surface area contributed by atoms with Gasteiger partial charge in [-0.3, -0.25) is 0 Å². The number of nitrogens with one attached hydrogen (secondary N) is 1. The standard InChI is InChI=1S/C11H12N4OS/c1-7-6-13-10(14-7)8-2-4-9(5-3-8)15(17)11(12)16/h2-6,17H,1H3,(H2,12,16)(H,13,14). The highest BCUT2D eigenvalue weighted by Gasteiger charge is 2.08. The van der Waals surface area contributed by atoms with Crippen LogP contribution in [0.4, 0.5) is 10.5 Å². The van der Waals surface area contributed by atoms with E-state index >= 15 is 0 Å². The summed E-state index contributed by atoms with van der Waals surface area (Å²) in [6, 6.07) is 6.59. The number of rotatable bonds is 2. The van der Waals surface area contributed by atoms with Gasteiger partial charge in [-0.25, -0.2) is 14.1 Å². The third kappa shape index (κ3) is 2.42. The zero-order valence-corrected chi connectivity index (χ0v) is 10.1. The number of nitrogens with zero attached hydrogens (tertiary/aromatic N) is 2. The Kier molecular flexibility index (Phi) is 3.06. The molecule has 0 spiro atoms. The topological polar surface area (TPSA) is 75.0 Å². The van der Waals surface area contributed by atoms with Crippen molar-refractivity contribution in [2.75, 3.05) is 4.31 Å². The molecular weight excluding hydrogens is 236 g/mol. The van der Waals surface area contributed by atoms with Crippen molar-refractivity contribution in [3.63, 3.8) is 0 Å². The molecule has 88 valence electrons.